The molecule has 0 amide bonds. The third-order valence-corrected chi connectivity index (χ3v) is 2.66. The van der Waals surface area contributed by atoms with Crippen molar-refractivity contribution < 1.29 is 4.74 Å². The first-order valence-corrected chi connectivity index (χ1v) is 5.86. The van der Waals surface area contributed by atoms with Crippen molar-refractivity contribution in [3.8, 4) is 11.8 Å². The quantitative estimate of drug-likeness (QED) is 0.878. The van der Waals surface area contributed by atoms with E-state index in [4.69, 9.17) is 10.00 Å². The molecule has 1 aromatic carbocycles. The predicted molar refractivity (Wildman–Crippen MR) is 70.3 cm³/mol. The fourth-order valence-electron chi connectivity index (χ4n) is 1.70. The van der Waals surface area contributed by atoms with E-state index < -0.39 is 0 Å². The highest BCUT2D eigenvalue weighted by Crippen LogP contribution is 2.19. The lowest BCUT2D eigenvalue weighted by molar-refractivity contribution is 0.412. The highest BCUT2D eigenvalue weighted by molar-refractivity contribution is 5.45. The van der Waals surface area contributed by atoms with E-state index in [-0.39, 0.29) is 0 Å². The van der Waals surface area contributed by atoms with Gasteiger partial charge in [0.05, 0.1) is 18.4 Å². The predicted octanol–water partition coefficient (Wildman–Crippen LogP) is 1.65. The molecular formula is C14H14N4O. The van der Waals surface area contributed by atoms with Crippen molar-refractivity contribution in [1.29, 1.82) is 5.26 Å². The van der Waals surface area contributed by atoms with Gasteiger partial charge in [-0.15, -0.1) is 0 Å². The molecule has 1 N–H and O–H groups in total. The van der Waals surface area contributed by atoms with Gasteiger partial charge in [-0.05, 0) is 23.8 Å². The maximum Gasteiger partial charge on any atom is 0.136 e. The second-order valence-electron chi connectivity index (χ2n) is 3.95. The summed E-state index contributed by atoms with van der Waals surface area (Å²) in [6.07, 6.45) is 3.25. The van der Waals surface area contributed by atoms with Crippen LogP contribution in [-0.2, 0) is 13.1 Å². The minimum Gasteiger partial charge on any atom is -0.495 e. The Morgan fingerprint density at radius 3 is 2.89 bits per heavy atom. The molecule has 2 aromatic rings. The van der Waals surface area contributed by atoms with E-state index in [1.54, 1.807) is 19.4 Å². The molecule has 0 aliphatic carbocycles. The first-order valence-electron chi connectivity index (χ1n) is 5.86. The Morgan fingerprint density at radius 1 is 1.32 bits per heavy atom. The van der Waals surface area contributed by atoms with E-state index in [1.807, 2.05) is 18.2 Å². The molecule has 0 saturated heterocycles. The van der Waals surface area contributed by atoms with Gasteiger partial charge in [0.25, 0.3) is 0 Å². The van der Waals surface area contributed by atoms with Crippen LogP contribution in [0.3, 0.4) is 0 Å². The van der Waals surface area contributed by atoms with Crippen LogP contribution in [0.25, 0.3) is 0 Å². The minimum absolute atomic E-state index is 0.544. The fourth-order valence-corrected chi connectivity index (χ4v) is 1.70. The standard InChI is InChI=1S/C14H14N4O/c1-19-14-6-11(2-3-12(14)7-15)8-17-9-13-4-5-16-10-18-13/h2-6,10,17H,8-9H2,1H3. The van der Waals surface area contributed by atoms with Gasteiger partial charge in [0.15, 0.2) is 0 Å². The van der Waals surface area contributed by atoms with Crippen LogP contribution in [0, 0.1) is 11.3 Å². The molecule has 1 aromatic heterocycles. The van der Waals surface area contributed by atoms with E-state index in [0.29, 0.717) is 24.4 Å². The van der Waals surface area contributed by atoms with Gasteiger partial charge in [0.1, 0.15) is 18.1 Å². The van der Waals surface area contributed by atoms with Gasteiger partial charge in [0.2, 0.25) is 0 Å². The molecule has 96 valence electrons. The largest absolute Gasteiger partial charge is 0.495 e. The van der Waals surface area contributed by atoms with Crippen LogP contribution in [0.4, 0.5) is 0 Å². The molecule has 0 saturated carbocycles. The molecule has 0 fully saturated rings. The minimum atomic E-state index is 0.544. The number of ether oxygens (including phenoxy) is 1. The average molecular weight is 254 g/mol. The molecule has 0 aliphatic heterocycles. The number of hydrogen-bond donors (Lipinski definition) is 1. The van der Waals surface area contributed by atoms with Crippen LogP contribution in [-0.4, -0.2) is 17.1 Å². The summed E-state index contributed by atoms with van der Waals surface area (Å²) in [5.74, 6) is 0.601. The second-order valence-corrected chi connectivity index (χ2v) is 3.95. The highest BCUT2D eigenvalue weighted by Gasteiger charge is 2.03. The second kappa shape index (κ2) is 6.47. The van der Waals surface area contributed by atoms with Crippen molar-refractivity contribution in [2.45, 2.75) is 13.1 Å². The number of methoxy groups -OCH3 is 1. The zero-order chi connectivity index (χ0) is 13.5. The van der Waals surface area contributed by atoms with Crippen LogP contribution in [0.2, 0.25) is 0 Å². The van der Waals surface area contributed by atoms with E-state index >= 15 is 0 Å². The average Bonchev–Trinajstić information content (AvgIpc) is 2.48. The van der Waals surface area contributed by atoms with Crippen molar-refractivity contribution in [2.75, 3.05) is 7.11 Å². The number of hydrogen-bond acceptors (Lipinski definition) is 5. The summed E-state index contributed by atoms with van der Waals surface area (Å²) >= 11 is 0. The maximum atomic E-state index is 8.91. The Bertz CT molecular complexity index is 578. The van der Waals surface area contributed by atoms with Crippen LogP contribution >= 0.6 is 0 Å². The normalized spacial score (nSPS) is 9.89. The number of aromatic nitrogens is 2. The molecule has 19 heavy (non-hydrogen) atoms. The summed E-state index contributed by atoms with van der Waals surface area (Å²) in [7, 11) is 1.56. The first kappa shape index (κ1) is 13.0. The van der Waals surface area contributed by atoms with Gasteiger partial charge in [-0.25, -0.2) is 9.97 Å². The molecule has 5 heteroatoms. The third-order valence-electron chi connectivity index (χ3n) is 2.66. The fraction of sp³-hybridized carbons (Fsp3) is 0.214. The Kier molecular flexibility index (Phi) is 4.43. The molecule has 0 radical (unpaired) electrons. The zero-order valence-electron chi connectivity index (χ0n) is 10.6. The number of rotatable bonds is 5. The van der Waals surface area contributed by atoms with Crippen LogP contribution in [0.15, 0.2) is 36.8 Å². The number of nitriles is 1. The monoisotopic (exact) mass is 254 g/mol. The number of nitrogens with zero attached hydrogens (tertiary/aromatic N) is 3. The van der Waals surface area contributed by atoms with Gasteiger partial charge in [-0.1, -0.05) is 6.07 Å². The summed E-state index contributed by atoms with van der Waals surface area (Å²) in [6.45, 7) is 1.36. The lowest BCUT2D eigenvalue weighted by Gasteiger charge is -2.07. The van der Waals surface area contributed by atoms with Gasteiger partial charge in [0, 0.05) is 19.3 Å². The lowest BCUT2D eigenvalue weighted by Crippen LogP contribution is -2.13. The van der Waals surface area contributed by atoms with Gasteiger partial charge in [-0.2, -0.15) is 5.26 Å². The SMILES string of the molecule is COc1cc(CNCc2ccncn2)ccc1C#N. The molecule has 0 atom stereocenters. The Hall–Kier alpha value is -2.45. The van der Waals surface area contributed by atoms with Crippen molar-refractivity contribution in [3.63, 3.8) is 0 Å². The number of benzene rings is 1. The van der Waals surface area contributed by atoms with Crippen molar-refractivity contribution in [1.82, 2.24) is 15.3 Å². The first-order chi connectivity index (χ1) is 9.33. The summed E-state index contributed by atoms with van der Waals surface area (Å²) in [5.41, 5.74) is 2.54. The van der Waals surface area contributed by atoms with E-state index in [2.05, 4.69) is 21.4 Å². The summed E-state index contributed by atoms with van der Waals surface area (Å²) < 4.78 is 5.17. The number of nitrogens with one attached hydrogen (secondary N) is 1. The molecule has 0 aliphatic rings. The topological polar surface area (TPSA) is 70.8 Å². The molecular weight excluding hydrogens is 240 g/mol. The Balaban J connectivity index is 1.95. The highest BCUT2D eigenvalue weighted by atomic mass is 16.5. The van der Waals surface area contributed by atoms with Crippen LogP contribution in [0.5, 0.6) is 5.75 Å². The smallest absolute Gasteiger partial charge is 0.136 e. The Morgan fingerprint density at radius 2 is 2.21 bits per heavy atom. The lowest BCUT2D eigenvalue weighted by atomic mass is 10.1. The molecule has 2 rings (SSSR count). The van der Waals surface area contributed by atoms with Crippen LogP contribution in [0.1, 0.15) is 16.8 Å². The maximum absolute atomic E-state index is 8.91. The van der Waals surface area contributed by atoms with Crippen LogP contribution < -0.4 is 10.1 Å². The summed E-state index contributed by atoms with van der Waals surface area (Å²) in [6, 6.07) is 9.50. The molecule has 0 bridgehead atoms. The van der Waals surface area contributed by atoms with E-state index in [1.165, 1.54) is 6.33 Å². The van der Waals surface area contributed by atoms with Crippen molar-refractivity contribution in [2.24, 2.45) is 0 Å². The zero-order valence-corrected chi connectivity index (χ0v) is 10.6. The van der Waals surface area contributed by atoms with Crippen molar-refractivity contribution >= 4 is 0 Å². The van der Waals surface area contributed by atoms with Gasteiger partial charge < -0.3 is 10.1 Å². The molecule has 0 spiro atoms. The third kappa shape index (κ3) is 3.50. The van der Waals surface area contributed by atoms with Crippen molar-refractivity contribution in [3.05, 3.63) is 53.6 Å². The Labute approximate surface area is 111 Å². The van der Waals surface area contributed by atoms with E-state index in [0.717, 1.165) is 11.3 Å². The summed E-state index contributed by atoms with van der Waals surface area (Å²) in [5, 5.41) is 12.2. The van der Waals surface area contributed by atoms with Gasteiger partial charge in [-0.3, -0.25) is 0 Å². The van der Waals surface area contributed by atoms with Gasteiger partial charge >= 0.3 is 0 Å². The molecule has 5 nitrogen and oxygen atoms in total. The van der Waals surface area contributed by atoms with E-state index in [9.17, 15) is 0 Å². The molecule has 1 heterocycles. The summed E-state index contributed by atoms with van der Waals surface area (Å²) in [4.78, 5) is 8.00. The molecule has 0 unspecified atom stereocenters.